The van der Waals surface area contributed by atoms with Gasteiger partial charge in [-0.2, -0.15) is 4.98 Å². The van der Waals surface area contributed by atoms with E-state index in [1.165, 1.54) is 12.1 Å². The van der Waals surface area contributed by atoms with Crippen molar-refractivity contribution >= 4 is 11.6 Å². The fourth-order valence-electron chi connectivity index (χ4n) is 1.34. The second-order valence-corrected chi connectivity index (χ2v) is 4.19. The largest absolute Gasteiger partial charge is 0.337 e. The lowest BCUT2D eigenvalue weighted by molar-refractivity contribution is 0.379. The van der Waals surface area contributed by atoms with Crippen LogP contribution in [0.2, 0.25) is 0 Å². The normalized spacial score (nSPS) is 12.8. The Balaban J connectivity index is 2.46. The van der Waals surface area contributed by atoms with E-state index in [9.17, 15) is 4.39 Å². The second-order valence-electron chi connectivity index (χ2n) is 3.53. The molecule has 5 heteroatoms. The standard InChI is InChI=1S/C11H10ClFN2O/c1-6-3-4-8(13)5-9(6)10-14-11(7(2)12)16-15-10/h3-5,7H,1-2H3. The summed E-state index contributed by atoms with van der Waals surface area (Å²) in [5.74, 6) is 0.366. The zero-order chi connectivity index (χ0) is 11.7. The summed E-state index contributed by atoms with van der Waals surface area (Å²) in [4.78, 5) is 4.11. The van der Waals surface area contributed by atoms with Gasteiger partial charge in [0.05, 0.1) is 0 Å². The Bertz CT molecular complexity index is 510. The van der Waals surface area contributed by atoms with Crippen LogP contribution in [0.4, 0.5) is 4.39 Å². The molecule has 3 nitrogen and oxygen atoms in total. The molecule has 1 heterocycles. The van der Waals surface area contributed by atoms with Crippen LogP contribution in [0, 0.1) is 12.7 Å². The van der Waals surface area contributed by atoms with Crippen molar-refractivity contribution in [3.05, 3.63) is 35.5 Å². The van der Waals surface area contributed by atoms with E-state index >= 15 is 0 Å². The lowest BCUT2D eigenvalue weighted by Gasteiger charge is -1.99. The summed E-state index contributed by atoms with van der Waals surface area (Å²) >= 11 is 5.80. The van der Waals surface area contributed by atoms with E-state index in [1.807, 2.05) is 6.92 Å². The van der Waals surface area contributed by atoms with Crippen molar-refractivity contribution in [1.29, 1.82) is 0 Å². The highest BCUT2D eigenvalue weighted by Gasteiger charge is 2.14. The molecule has 16 heavy (non-hydrogen) atoms. The van der Waals surface area contributed by atoms with Crippen LogP contribution in [0.1, 0.15) is 23.8 Å². The highest BCUT2D eigenvalue weighted by atomic mass is 35.5. The number of rotatable bonds is 2. The number of aromatic nitrogens is 2. The van der Waals surface area contributed by atoms with E-state index in [2.05, 4.69) is 10.1 Å². The maximum atomic E-state index is 13.1. The Morgan fingerprint density at radius 3 is 2.81 bits per heavy atom. The van der Waals surface area contributed by atoms with Gasteiger partial charge in [-0.3, -0.25) is 0 Å². The van der Waals surface area contributed by atoms with Crippen molar-refractivity contribution in [3.63, 3.8) is 0 Å². The molecular formula is C11H10ClFN2O. The fourth-order valence-corrected chi connectivity index (χ4v) is 1.43. The molecule has 2 aromatic rings. The molecule has 0 aliphatic heterocycles. The van der Waals surface area contributed by atoms with E-state index in [1.54, 1.807) is 13.0 Å². The molecule has 0 aliphatic carbocycles. The van der Waals surface area contributed by atoms with Crippen molar-refractivity contribution in [3.8, 4) is 11.4 Å². The van der Waals surface area contributed by atoms with Crippen molar-refractivity contribution in [2.24, 2.45) is 0 Å². The van der Waals surface area contributed by atoms with E-state index in [0.29, 0.717) is 17.3 Å². The van der Waals surface area contributed by atoms with Gasteiger partial charge in [0.2, 0.25) is 11.7 Å². The van der Waals surface area contributed by atoms with Gasteiger partial charge < -0.3 is 4.52 Å². The Morgan fingerprint density at radius 2 is 2.19 bits per heavy atom. The zero-order valence-electron chi connectivity index (χ0n) is 8.87. The third kappa shape index (κ3) is 2.07. The van der Waals surface area contributed by atoms with Crippen LogP contribution in [0.5, 0.6) is 0 Å². The number of alkyl halides is 1. The lowest BCUT2D eigenvalue weighted by atomic mass is 10.1. The first-order valence-corrected chi connectivity index (χ1v) is 5.26. The van der Waals surface area contributed by atoms with Gasteiger partial charge in [-0.25, -0.2) is 4.39 Å². The summed E-state index contributed by atoms with van der Waals surface area (Å²) in [6.45, 7) is 3.59. The van der Waals surface area contributed by atoms with Gasteiger partial charge in [0.25, 0.3) is 0 Å². The van der Waals surface area contributed by atoms with Crippen molar-refractivity contribution in [2.75, 3.05) is 0 Å². The third-order valence-electron chi connectivity index (χ3n) is 2.22. The molecule has 0 radical (unpaired) electrons. The van der Waals surface area contributed by atoms with Crippen LogP contribution in [0.3, 0.4) is 0 Å². The van der Waals surface area contributed by atoms with Crippen molar-refractivity contribution in [2.45, 2.75) is 19.2 Å². The summed E-state index contributed by atoms with van der Waals surface area (Å²) in [5.41, 5.74) is 1.50. The van der Waals surface area contributed by atoms with Gasteiger partial charge >= 0.3 is 0 Å². The first kappa shape index (κ1) is 11.1. The highest BCUT2D eigenvalue weighted by Crippen LogP contribution is 2.24. The molecule has 0 saturated heterocycles. The summed E-state index contributed by atoms with van der Waals surface area (Å²) in [5, 5.41) is 3.42. The smallest absolute Gasteiger partial charge is 0.244 e. The molecule has 0 fully saturated rings. The molecule has 84 valence electrons. The second kappa shape index (κ2) is 4.22. The molecule has 0 N–H and O–H groups in total. The van der Waals surface area contributed by atoms with E-state index in [0.717, 1.165) is 5.56 Å². The SMILES string of the molecule is Cc1ccc(F)cc1-c1noc(C(C)Cl)n1. The van der Waals surface area contributed by atoms with Crippen LogP contribution >= 0.6 is 11.6 Å². The highest BCUT2D eigenvalue weighted by molar-refractivity contribution is 6.20. The molecular weight excluding hydrogens is 231 g/mol. The molecule has 0 aliphatic rings. The Kier molecular flexibility index (Phi) is 2.92. The molecule has 1 unspecified atom stereocenters. The first-order valence-electron chi connectivity index (χ1n) is 4.82. The van der Waals surface area contributed by atoms with Gasteiger partial charge in [0, 0.05) is 5.56 Å². The quantitative estimate of drug-likeness (QED) is 0.755. The molecule has 1 atom stereocenters. The Labute approximate surface area is 97.2 Å². The van der Waals surface area contributed by atoms with E-state index < -0.39 is 0 Å². The van der Waals surface area contributed by atoms with Gasteiger partial charge in [-0.15, -0.1) is 11.6 Å². The summed E-state index contributed by atoms with van der Waals surface area (Å²) in [7, 11) is 0. The number of halogens is 2. The number of benzene rings is 1. The molecule has 0 bridgehead atoms. The minimum Gasteiger partial charge on any atom is -0.337 e. The molecule has 0 amide bonds. The zero-order valence-corrected chi connectivity index (χ0v) is 9.62. The van der Waals surface area contributed by atoms with E-state index in [-0.39, 0.29) is 11.2 Å². The van der Waals surface area contributed by atoms with Crippen LogP contribution in [0.15, 0.2) is 22.7 Å². The summed E-state index contributed by atoms with van der Waals surface area (Å²) < 4.78 is 18.0. The Hall–Kier alpha value is -1.42. The first-order chi connectivity index (χ1) is 7.58. The molecule has 1 aromatic carbocycles. The number of nitrogens with zero attached hydrogens (tertiary/aromatic N) is 2. The van der Waals surface area contributed by atoms with Crippen LogP contribution < -0.4 is 0 Å². The van der Waals surface area contributed by atoms with Crippen LogP contribution in [-0.4, -0.2) is 10.1 Å². The van der Waals surface area contributed by atoms with Gasteiger partial charge in [-0.1, -0.05) is 11.2 Å². The maximum absolute atomic E-state index is 13.1. The van der Waals surface area contributed by atoms with Crippen LogP contribution in [-0.2, 0) is 0 Å². The predicted octanol–water partition coefficient (Wildman–Crippen LogP) is 3.48. The number of hydrogen-bond donors (Lipinski definition) is 0. The summed E-state index contributed by atoms with van der Waals surface area (Å²) in [6, 6.07) is 4.44. The molecule has 0 spiro atoms. The topological polar surface area (TPSA) is 38.9 Å². The van der Waals surface area contributed by atoms with Crippen molar-refractivity contribution < 1.29 is 8.91 Å². The average molecular weight is 241 g/mol. The summed E-state index contributed by atoms with van der Waals surface area (Å²) in [6.07, 6.45) is 0. The maximum Gasteiger partial charge on any atom is 0.244 e. The van der Waals surface area contributed by atoms with Gasteiger partial charge in [0.15, 0.2) is 0 Å². The predicted molar refractivity (Wildman–Crippen MR) is 58.7 cm³/mol. The van der Waals surface area contributed by atoms with Crippen LogP contribution in [0.25, 0.3) is 11.4 Å². The monoisotopic (exact) mass is 240 g/mol. The minimum atomic E-state index is -0.352. The number of hydrogen-bond acceptors (Lipinski definition) is 3. The van der Waals surface area contributed by atoms with Crippen molar-refractivity contribution in [1.82, 2.24) is 10.1 Å². The van der Waals surface area contributed by atoms with Gasteiger partial charge in [0.1, 0.15) is 11.2 Å². The molecule has 0 saturated carbocycles. The number of aryl methyl sites for hydroxylation is 1. The fraction of sp³-hybridized carbons (Fsp3) is 0.273. The minimum absolute atomic E-state index is 0.328. The molecule has 1 aromatic heterocycles. The van der Waals surface area contributed by atoms with E-state index in [4.69, 9.17) is 16.1 Å². The lowest BCUT2D eigenvalue weighted by Crippen LogP contribution is -1.88. The third-order valence-corrected chi connectivity index (χ3v) is 2.41. The van der Waals surface area contributed by atoms with Gasteiger partial charge in [-0.05, 0) is 31.5 Å². The Morgan fingerprint density at radius 1 is 1.44 bits per heavy atom. The average Bonchev–Trinajstić information content (AvgIpc) is 2.70. The molecule has 2 rings (SSSR count).